The highest BCUT2D eigenvalue weighted by Gasteiger charge is 2.16. The van der Waals surface area contributed by atoms with E-state index in [1.54, 1.807) is 0 Å². The summed E-state index contributed by atoms with van der Waals surface area (Å²) in [6, 6.07) is 46.4. The van der Waals surface area contributed by atoms with Gasteiger partial charge in [-0.3, -0.25) is 15.0 Å². The van der Waals surface area contributed by atoms with E-state index in [2.05, 4.69) is 142 Å². The number of rotatable bonds is 5. The Kier molecular flexibility index (Phi) is 6.14. The SMILES string of the molecule is c1cc(-c2ccc(-c3ccc4ccc5ccc(-c6cc(-c7ccncc7)cc(-c7ccncc7)c6)c6ccc3c4c56)cc2)ccn1. The van der Waals surface area contributed by atoms with Crippen molar-refractivity contribution in [2.75, 3.05) is 0 Å². The van der Waals surface area contributed by atoms with E-state index < -0.39 is 0 Å². The zero-order valence-electron chi connectivity index (χ0n) is 24.9. The molecule has 214 valence electrons. The van der Waals surface area contributed by atoms with E-state index in [0.29, 0.717) is 0 Å². The quantitative estimate of drug-likeness (QED) is 0.189. The van der Waals surface area contributed by atoms with Crippen LogP contribution in [0.1, 0.15) is 0 Å². The standard InChI is InChI=1S/C43H27N3/c1-3-32(4-2-28(1)29-13-19-44-20-14-29)38-9-7-33-5-6-34-8-10-39(41-12-11-40(38)42(33)43(34)41)37-26-35(30-15-21-45-22-16-30)25-36(27-37)31-17-23-46-24-18-31/h1-27H. The van der Waals surface area contributed by atoms with Gasteiger partial charge in [0.25, 0.3) is 0 Å². The van der Waals surface area contributed by atoms with Gasteiger partial charge in [0.2, 0.25) is 0 Å². The van der Waals surface area contributed by atoms with Crippen molar-refractivity contribution in [1.82, 2.24) is 15.0 Å². The minimum absolute atomic E-state index is 1.14. The Morgan fingerprint density at radius 3 is 1.09 bits per heavy atom. The Balaban J connectivity index is 1.24. The van der Waals surface area contributed by atoms with Gasteiger partial charge >= 0.3 is 0 Å². The van der Waals surface area contributed by atoms with Gasteiger partial charge in [-0.25, -0.2) is 0 Å². The second-order valence-corrected chi connectivity index (χ2v) is 11.7. The molecule has 0 aliphatic rings. The summed E-state index contributed by atoms with van der Waals surface area (Å²) in [7, 11) is 0. The van der Waals surface area contributed by atoms with Gasteiger partial charge in [0, 0.05) is 37.2 Å². The largest absolute Gasteiger partial charge is 0.265 e. The summed E-state index contributed by atoms with van der Waals surface area (Å²) < 4.78 is 0. The molecule has 6 aromatic carbocycles. The molecule has 3 nitrogen and oxygen atoms in total. The Bertz CT molecular complexity index is 2430. The first kappa shape index (κ1) is 26.2. The third-order valence-electron chi connectivity index (χ3n) is 9.15. The van der Waals surface area contributed by atoms with Crippen LogP contribution in [0.4, 0.5) is 0 Å². The van der Waals surface area contributed by atoms with Crippen LogP contribution >= 0.6 is 0 Å². The maximum Gasteiger partial charge on any atom is 0.0273 e. The molecule has 0 saturated carbocycles. The molecule has 0 saturated heterocycles. The van der Waals surface area contributed by atoms with Gasteiger partial charge in [0.15, 0.2) is 0 Å². The van der Waals surface area contributed by atoms with E-state index in [4.69, 9.17) is 0 Å². The Hall–Kier alpha value is -6.19. The molecule has 0 radical (unpaired) electrons. The first-order chi connectivity index (χ1) is 22.8. The highest BCUT2D eigenvalue weighted by Crippen LogP contribution is 2.43. The molecule has 3 aromatic heterocycles. The molecule has 0 atom stereocenters. The summed E-state index contributed by atoms with van der Waals surface area (Å²) >= 11 is 0. The van der Waals surface area contributed by atoms with Crippen LogP contribution in [-0.4, -0.2) is 15.0 Å². The first-order valence-electron chi connectivity index (χ1n) is 15.5. The normalized spacial score (nSPS) is 11.5. The highest BCUT2D eigenvalue weighted by atomic mass is 14.6. The molecular weight excluding hydrogens is 558 g/mol. The number of hydrogen-bond donors (Lipinski definition) is 0. The Labute approximate surface area is 266 Å². The van der Waals surface area contributed by atoms with Crippen molar-refractivity contribution in [3.8, 4) is 55.6 Å². The minimum Gasteiger partial charge on any atom is -0.265 e. The lowest BCUT2D eigenvalue weighted by Gasteiger charge is -2.18. The predicted octanol–water partition coefficient (Wildman–Crippen LogP) is 11.1. The van der Waals surface area contributed by atoms with Gasteiger partial charge < -0.3 is 0 Å². The number of benzene rings is 6. The summed E-state index contributed by atoms with van der Waals surface area (Å²) in [5.41, 5.74) is 11.8. The number of pyridine rings is 3. The van der Waals surface area contributed by atoms with E-state index in [1.807, 2.05) is 37.2 Å². The van der Waals surface area contributed by atoms with Crippen molar-refractivity contribution in [3.63, 3.8) is 0 Å². The molecular formula is C43H27N3. The van der Waals surface area contributed by atoms with Crippen molar-refractivity contribution >= 4 is 32.3 Å². The van der Waals surface area contributed by atoms with Crippen molar-refractivity contribution in [1.29, 1.82) is 0 Å². The lowest BCUT2D eigenvalue weighted by molar-refractivity contribution is 1.33. The molecule has 0 amide bonds. The monoisotopic (exact) mass is 585 g/mol. The average Bonchev–Trinajstić information content (AvgIpc) is 3.14. The van der Waals surface area contributed by atoms with Crippen LogP contribution in [0, 0.1) is 0 Å². The Morgan fingerprint density at radius 1 is 0.261 bits per heavy atom. The van der Waals surface area contributed by atoms with Crippen molar-refractivity contribution in [2.45, 2.75) is 0 Å². The molecule has 0 aliphatic heterocycles. The summed E-state index contributed by atoms with van der Waals surface area (Å²) in [5.74, 6) is 0. The summed E-state index contributed by atoms with van der Waals surface area (Å²) in [5, 5.41) is 7.66. The summed E-state index contributed by atoms with van der Waals surface area (Å²) in [6.45, 7) is 0. The third kappa shape index (κ3) is 4.41. The summed E-state index contributed by atoms with van der Waals surface area (Å²) in [4.78, 5) is 12.7. The fourth-order valence-electron chi connectivity index (χ4n) is 6.90. The zero-order valence-corrected chi connectivity index (χ0v) is 24.9. The van der Waals surface area contributed by atoms with Gasteiger partial charge in [0.1, 0.15) is 0 Å². The maximum absolute atomic E-state index is 4.26. The van der Waals surface area contributed by atoms with E-state index in [1.165, 1.54) is 65.7 Å². The van der Waals surface area contributed by atoms with Crippen molar-refractivity contribution in [3.05, 3.63) is 165 Å². The van der Waals surface area contributed by atoms with Gasteiger partial charge in [0.05, 0.1) is 0 Å². The second kappa shape index (κ2) is 10.8. The fourth-order valence-corrected chi connectivity index (χ4v) is 6.90. The van der Waals surface area contributed by atoms with Gasteiger partial charge in [-0.05, 0) is 143 Å². The fraction of sp³-hybridized carbons (Fsp3) is 0. The van der Waals surface area contributed by atoms with E-state index in [0.717, 1.165) is 22.3 Å². The van der Waals surface area contributed by atoms with Crippen LogP contribution < -0.4 is 0 Å². The molecule has 46 heavy (non-hydrogen) atoms. The average molecular weight is 586 g/mol. The van der Waals surface area contributed by atoms with E-state index in [-0.39, 0.29) is 0 Å². The predicted molar refractivity (Wildman–Crippen MR) is 191 cm³/mol. The van der Waals surface area contributed by atoms with Crippen LogP contribution in [0.3, 0.4) is 0 Å². The molecule has 0 unspecified atom stereocenters. The lowest BCUT2D eigenvalue weighted by Crippen LogP contribution is -1.91. The van der Waals surface area contributed by atoms with Crippen LogP contribution in [0.15, 0.2) is 165 Å². The van der Waals surface area contributed by atoms with Gasteiger partial charge in [-0.15, -0.1) is 0 Å². The molecule has 9 aromatic rings. The smallest absolute Gasteiger partial charge is 0.0273 e. The first-order valence-corrected chi connectivity index (χ1v) is 15.5. The summed E-state index contributed by atoms with van der Waals surface area (Å²) in [6.07, 6.45) is 11.1. The second-order valence-electron chi connectivity index (χ2n) is 11.7. The van der Waals surface area contributed by atoms with Crippen LogP contribution in [-0.2, 0) is 0 Å². The minimum atomic E-state index is 1.14. The van der Waals surface area contributed by atoms with Crippen LogP contribution in [0.25, 0.3) is 88.0 Å². The third-order valence-corrected chi connectivity index (χ3v) is 9.15. The van der Waals surface area contributed by atoms with Crippen molar-refractivity contribution in [2.24, 2.45) is 0 Å². The van der Waals surface area contributed by atoms with Gasteiger partial charge in [-0.1, -0.05) is 72.8 Å². The topological polar surface area (TPSA) is 38.7 Å². The molecule has 0 spiro atoms. The maximum atomic E-state index is 4.26. The van der Waals surface area contributed by atoms with Crippen molar-refractivity contribution < 1.29 is 0 Å². The highest BCUT2D eigenvalue weighted by molar-refractivity contribution is 6.27. The molecule has 0 N–H and O–H groups in total. The number of aromatic nitrogens is 3. The zero-order chi connectivity index (χ0) is 30.5. The lowest BCUT2D eigenvalue weighted by atomic mass is 9.86. The van der Waals surface area contributed by atoms with Crippen LogP contribution in [0.5, 0.6) is 0 Å². The van der Waals surface area contributed by atoms with E-state index in [9.17, 15) is 0 Å². The number of nitrogens with zero attached hydrogens (tertiary/aromatic N) is 3. The molecule has 0 fully saturated rings. The van der Waals surface area contributed by atoms with Crippen LogP contribution in [0.2, 0.25) is 0 Å². The molecule has 3 heterocycles. The molecule has 0 aliphatic carbocycles. The molecule has 3 heteroatoms. The Morgan fingerprint density at radius 2 is 0.609 bits per heavy atom. The van der Waals surface area contributed by atoms with Gasteiger partial charge in [-0.2, -0.15) is 0 Å². The molecule has 0 bridgehead atoms. The molecule has 9 rings (SSSR count). The van der Waals surface area contributed by atoms with E-state index >= 15 is 0 Å². The number of hydrogen-bond acceptors (Lipinski definition) is 3.